The molecule has 0 saturated carbocycles. The van der Waals surface area contributed by atoms with Crippen molar-refractivity contribution in [2.24, 2.45) is 11.3 Å². The van der Waals surface area contributed by atoms with E-state index in [0.29, 0.717) is 6.42 Å². The normalized spacial score (nSPS) is 20.0. The van der Waals surface area contributed by atoms with E-state index in [2.05, 4.69) is 22.8 Å². The number of rotatable bonds is 7. The van der Waals surface area contributed by atoms with Crippen LogP contribution in [0.25, 0.3) is 11.1 Å². The minimum atomic E-state index is -0.900. The molecule has 35 heavy (non-hydrogen) atoms. The number of carbonyl (C=O) groups excluding carboxylic acids is 2. The number of hydrogen-bond acceptors (Lipinski definition) is 5. The maximum atomic E-state index is 12.9. The van der Waals surface area contributed by atoms with Crippen LogP contribution in [0.3, 0.4) is 0 Å². The second kappa shape index (κ2) is 10.1. The van der Waals surface area contributed by atoms with Crippen LogP contribution >= 0.6 is 0 Å². The quantitative estimate of drug-likeness (QED) is 0.559. The third-order valence-corrected chi connectivity index (χ3v) is 6.67. The number of nitrogens with one attached hydrogen (secondary N) is 2. The lowest BCUT2D eigenvalue weighted by Gasteiger charge is -2.30. The highest BCUT2D eigenvalue weighted by Gasteiger charge is 2.36. The van der Waals surface area contributed by atoms with Gasteiger partial charge in [0.25, 0.3) is 0 Å². The van der Waals surface area contributed by atoms with Gasteiger partial charge in [0.05, 0.1) is 18.6 Å². The zero-order chi connectivity index (χ0) is 25.2. The second-order valence-electron chi connectivity index (χ2n) is 10.2. The van der Waals surface area contributed by atoms with Gasteiger partial charge < -0.3 is 25.2 Å². The van der Waals surface area contributed by atoms with Crippen molar-refractivity contribution < 1.29 is 29.0 Å². The molecule has 1 fully saturated rings. The van der Waals surface area contributed by atoms with Gasteiger partial charge in [0.1, 0.15) is 12.6 Å². The number of aliphatic carboxylic acids is 1. The first kappa shape index (κ1) is 24.7. The zero-order valence-electron chi connectivity index (χ0n) is 20.2. The van der Waals surface area contributed by atoms with Crippen molar-refractivity contribution >= 4 is 18.0 Å². The molecule has 0 radical (unpaired) electrons. The maximum absolute atomic E-state index is 12.9. The molecule has 8 heteroatoms. The molecular weight excluding hydrogens is 448 g/mol. The fourth-order valence-corrected chi connectivity index (χ4v) is 4.77. The summed E-state index contributed by atoms with van der Waals surface area (Å²) in [4.78, 5) is 36.8. The van der Waals surface area contributed by atoms with Crippen LogP contribution in [0.5, 0.6) is 0 Å². The number of amides is 2. The monoisotopic (exact) mass is 480 g/mol. The maximum Gasteiger partial charge on any atom is 0.407 e. The average Bonchev–Trinajstić information content (AvgIpc) is 3.42. The molecule has 1 unspecified atom stereocenters. The van der Waals surface area contributed by atoms with E-state index in [1.54, 1.807) is 0 Å². The van der Waals surface area contributed by atoms with Crippen LogP contribution in [0.4, 0.5) is 4.79 Å². The Morgan fingerprint density at radius 3 is 2.20 bits per heavy atom. The van der Waals surface area contributed by atoms with E-state index < -0.39 is 29.4 Å². The summed E-state index contributed by atoms with van der Waals surface area (Å²) in [6, 6.07) is 15.3. The SMILES string of the molecule is CC(C)(C)C(NC(=O)OCC1c2ccccc2-c2ccccc21)C(=O)NC[C@H]1C[C@@H](C(=O)O)CO1. The third-order valence-electron chi connectivity index (χ3n) is 6.67. The molecule has 0 spiro atoms. The van der Waals surface area contributed by atoms with E-state index in [0.717, 1.165) is 22.3 Å². The van der Waals surface area contributed by atoms with E-state index in [-0.39, 0.29) is 37.7 Å². The van der Waals surface area contributed by atoms with Gasteiger partial charge in [-0.2, -0.15) is 0 Å². The van der Waals surface area contributed by atoms with Gasteiger partial charge in [0.2, 0.25) is 5.91 Å². The highest BCUT2D eigenvalue weighted by molar-refractivity contribution is 5.86. The number of fused-ring (bicyclic) bond motifs is 3. The number of benzene rings is 2. The number of hydrogen-bond donors (Lipinski definition) is 3. The standard InChI is InChI=1S/C27H32N2O6/c1-27(2,3)23(24(30)28-13-17-12-16(14-34-17)25(31)32)29-26(33)35-15-22-20-10-6-4-8-18(20)19-9-5-7-11-21(19)22/h4-11,16-17,22-23H,12-15H2,1-3H3,(H,28,30)(H,29,33)(H,31,32)/t16-,17-,23?/m1/s1. The van der Waals surface area contributed by atoms with Gasteiger partial charge in [-0.15, -0.1) is 0 Å². The Kier molecular flexibility index (Phi) is 7.12. The average molecular weight is 481 g/mol. The molecule has 1 aliphatic carbocycles. The molecule has 2 amide bonds. The molecule has 1 aliphatic heterocycles. The van der Waals surface area contributed by atoms with Crippen molar-refractivity contribution in [3.63, 3.8) is 0 Å². The first-order valence-corrected chi connectivity index (χ1v) is 11.9. The molecule has 1 heterocycles. The van der Waals surface area contributed by atoms with E-state index >= 15 is 0 Å². The Morgan fingerprint density at radius 1 is 1.06 bits per heavy atom. The van der Waals surface area contributed by atoms with Crippen molar-refractivity contribution in [1.82, 2.24) is 10.6 Å². The Morgan fingerprint density at radius 2 is 1.66 bits per heavy atom. The molecule has 2 aromatic rings. The van der Waals surface area contributed by atoms with E-state index in [9.17, 15) is 14.4 Å². The van der Waals surface area contributed by atoms with Crippen LogP contribution in [-0.4, -0.2) is 55.0 Å². The number of ether oxygens (including phenoxy) is 2. The number of alkyl carbamates (subject to hydrolysis) is 1. The van der Waals surface area contributed by atoms with Crippen LogP contribution < -0.4 is 10.6 Å². The lowest BCUT2D eigenvalue weighted by atomic mass is 9.86. The molecule has 2 aliphatic rings. The van der Waals surface area contributed by atoms with E-state index in [1.165, 1.54) is 0 Å². The molecule has 8 nitrogen and oxygen atoms in total. The van der Waals surface area contributed by atoms with Gasteiger partial charge >= 0.3 is 12.1 Å². The van der Waals surface area contributed by atoms with Crippen LogP contribution in [0.2, 0.25) is 0 Å². The van der Waals surface area contributed by atoms with Crippen molar-refractivity contribution in [2.75, 3.05) is 19.8 Å². The number of carboxylic acid groups (broad SMARTS) is 1. The number of carboxylic acids is 1. The number of carbonyl (C=O) groups is 3. The highest BCUT2D eigenvalue weighted by Crippen LogP contribution is 2.44. The largest absolute Gasteiger partial charge is 0.481 e. The minimum absolute atomic E-state index is 0.0724. The minimum Gasteiger partial charge on any atom is -0.481 e. The smallest absolute Gasteiger partial charge is 0.407 e. The molecule has 3 N–H and O–H groups in total. The second-order valence-corrected chi connectivity index (χ2v) is 10.2. The van der Waals surface area contributed by atoms with Gasteiger partial charge in [-0.3, -0.25) is 9.59 Å². The molecule has 4 rings (SSSR count). The van der Waals surface area contributed by atoms with Gasteiger partial charge in [-0.05, 0) is 34.1 Å². The van der Waals surface area contributed by atoms with Gasteiger partial charge in [0.15, 0.2) is 0 Å². The predicted molar refractivity (Wildman–Crippen MR) is 130 cm³/mol. The first-order chi connectivity index (χ1) is 16.6. The fraction of sp³-hybridized carbons (Fsp3) is 0.444. The lowest BCUT2D eigenvalue weighted by molar-refractivity contribution is -0.141. The Bertz CT molecular complexity index is 1060. The fourth-order valence-electron chi connectivity index (χ4n) is 4.77. The molecule has 0 bridgehead atoms. The highest BCUT2D eigenvalue weighted by atomic mass is 16.5. The first-order valence-electron chi connectivity index (χ1n) is 11.9. The lowest BCUT2D eigenvalue weighted by Crippen LogP contribution is -2.54. The van der Waals surface area contributed by atoms with Gasteiger partial charge in [-0.25, -0.2) is 4.79 Å². The van der Waals surface area contributed by atoms with Gasteiger partial charge in [-0.1, -0.05) is 69.3 Å². The summed E-state index contributed by atoms with van der Waals surface area (Å²) in [7, 11) is 0. The van der Waals surface area contributed by atoms with Crippen LogP contribution in [0.15, 0.2) is 48.5 Å². The van der Waals surface area contributed by atoms with Gasteiger partial charge in [0, 0.05) is 12.5 Å². The molecule has 1 saturated heterocycles. The topological polar surface area (TPSA) is 114 Å². The van der Waals surface area contributed by atoms with E-state index in [1.807, 2.05) is 57.2 Å². The summed E-state index contributed by atoms with van der Waals surface area (Å²) in [5.74, 6) is -1.90. The van der Waals surface area contributed by atoms with Crippen molar-refractivity contribution in [3.05, 3.63) is 59.7 Å². The Labute approximate surface area is 205 Å². The zero-order valence-corrected chi connectivity index (χ0v) is 20.2. The van der Waals surface area contributed by atoms with E-state index in [4.69, 9.17) is 14.6 Å². The molecule has 0 aromatic heterocycles. The molecule has 3 atom stereocenters. The van der Waals surface area contributed by atoms with Crippen LogP contribution in [-0.2, 0) is 19.1 Å². The van der Waals surface area contributed by atoms with Crippen molar-refractivity contribution in [3.8, 4) is 11.1 Å². The van der Waals surface area contributed by atoms with Crippen molar-refractivity contribution in [2.45, 2.75) is 45.3 Å². The summed E-state index contributed by atoms with van der Waals surface area (Å²) in [6.07, 6.45) is -0.685. The summed E-state index contributed by atoms with van der Waals surface area (Å²) < 4.78 is 11.1. The van der Waals surface area contributed by atoms with Crippen LogP contribution in [0, 0.1) is 11.3 Å². The Balaban J connectivity index is 1.35. The summed E-state index contributed by atoms with van der Waals surface area (Å²) in [5, 5.41) is 14.6. The van der Waals surface area contributed by atoms with Crippen LogP contribution in [0.1, 0.15) is 44.2 Å². The summed E-state index contributed by atoms with van der Waals surface area (Å²) in [6.45, 7) is 6.04. The summed E-state index contributed by atoms with van der Waals surface area (Å²) in [5.41, 5.74) is 3.94. The molecule has 2 aromatic carbocycles. The third kappa shape index (κ3) is 5.48. The summed E-state index contributed by atoms with van der Waals surface area (Å²) >= 11 is 0. The van der Waals surface area contributed by atoms with Crippen molar-refractivity contribution in [1.29, 1.82) is 0 Å². The predicted octanol–water partition coefficient (Wildman–Crippen LogP) is 3.55. The Hall–Kier alpha value is -3.39. The molecular formula is C27H32N2O6. The molecule has 186 valence electrons.